The van der Waals surface area contributed by atoms with Crippen molar-refractivity contribution in [2.45, 2.75) is 20.3 Å². The van der Waals surface area contributed by atoms with E-state index in [0.717, 1.165) is 64.8 Å². The number of pyridine rings is 2. The lowest BCUT2D eigenvalue weighted by molar-refractivity contribution is 0.574. The molecule has 2 N–H and O–H groups in total. The molecule has 28 heavy (non-hydrogen) atoms. The van der Waals surface area contributed by atoms with E-state index < -0.39 is 0 Å². The number of aromatic nitrogens is 4. The Morgan fingerprint density at radius 2 is 1.89 bits per heavy atom. The van der Waals surface area contributed by atoms with E-state index in [1.54, 1.807) is 6.33 Å². The molecule has 0 radical (unpaired) electrons. The predicted molar refractivity (Wildman–Crippen MR) is 110 cm³/mol. The Morgan fingerprint density at radius 3 is 2.71 bits per heavy atom. The van der Waals surface area contributed by atoms with Crippen LogP contribution in [0.2, 0.25) is 0 Å². The van der Waals surface area contributed by atoms with Crippen molar-refractivity contribution in [1.29, 1.82) is 0 Å². The SMILES string of the molecule is CCNc1ccc(-c2cc(NCCc3ccnc4cc(C)oc34)ncn2)cn1. The lowest BCUT2D eigenvalue weighted by Gasteiger charge is -2.08. The zero-order valence-electron chi connectivity index (χ0n) is 15.9. The molecular weight excluding hydrogens is 352 g/mol. The minimum Gasteiger partial charge on any atom is -0.459 e. The largest absolute Gasteiger partial charge is 0.459 e. The fourth-order valence-electron chi connectivity index (χ4n) is 3.08. The van der Waals surface area contributed by atoms with Crippen molar-refractivity contribution in [1.82, 2.24) is 19.9 Å². The van der Waals surface area contributed by atoms with Gasteiger partial charge in [0.15, 0.2) is 5.58 Å². The molecule has 4 heterocycles. The summed E-state index contributed by atoms with van der Waals surface area (Å²) in [6, 6.07) is 9.84. The molecule has 0 spiro atoms. The Bertz CT molecular complexity index is 1070. The van der Waals surface area contributed by atoms with Crippen molar-refractivity contribution >= 4 is 22.7 Å². The van der Waals surface area contributed by atoms with Gasteiger partial charge in [0.25, 0.3) is 0 Å². The van der Waals surface area contributed by atoms with Gasteiger partial charge in [-0.05, 0) is 38.5 Å². The van der Waals surface area contributed by atoms with Crippen LogP contribution >= 0.6 is 0 Å². The van der Waals surface area contributed by atoms with Crippen LogP contribution in [0.4, 0.5) is 11.6 Å². The molecule has 7 nitrogen and oxygen atoms in total. The van der Waals surface area contributed by atoms with E-state index in [9.17, 15) is 0 Å². The summed E-state index contributed by atoms with van der Waals surface area (Å²) in [4.78, 5) is 17.4. The van der Waals surface area contributed by atoms with Gasteiger partial charge in [0.1, 0.15) is 29.2 Å². The van der Waals surface area contributed by atoms with E-state index >= 15 is 0 Å². The Morgan fingerprint density at radius 1 is 0.964 bits per heavy atom. The van der Waals surface area contributed by atoms with Crippen molar-refractivity contribution in [3.8, 4) is 11.3 Å². The van der Waals surface area contributed by atoms with Gasteiger partial charge in [0.2, 0.25) is 0 Å². The van der Waals surface area contributed by atoms with E-state index in [0.29, 0.717) is 0 Å². The first kappa shape index (κ1) is 17.9. The summed E-state index contributed by atoms with van der Waals surface area (Å²) in [5.41, 5.74) is 4.67. The fraction of sp³-hybridized carbons (Fsp3) is 0.238. The van der Waals surface area contributed by atoms with E-state index in [2.05, 4.69) is 30.6 Å². The first-order valence-electron chi connectivity index (χ1n) is 9.33. The lowest BCUT2D eigenvalue weighted by atomic mass is 10.1. The van der Waals surface area contributed by atoms with Crippen LogP contribution in [0.1, 0.15) is 18.2 Å². The molecule has 0 saturated heterocycles. The molecule has 0 bridgehead atoms. The number of aryl methyl sites for hydroxylation is 1. The van der Waals surface area contributed by atoms with Gasteiger partial charge in [0.05, 0.1) is 5.69 Å². The third kappa shape index (κ3) is 3.93. The summed E-state index contributed by atoms with van der Waals surface area (Å²) in [5.74, 6) is 2.51. The van der Waals surface area contributed by atoms with Crippen molar-refractivity contribution in [3.63, 3.8) is 0 Å². The molecule has 0 aliphatic heterocycles. The maximum Gasteiger partial charge on any atom is 0.155 e. The molecule has 7 heteroatoms. The smallest absolute Gasteiger partial charge is 0.155 e. The Hall–Kier alpha value is -3.48. The molecule has 0 amide bonds. The summed E-state index contributed by atoms with van der Waals surface area (Å²) in [5, 5.41) is 6.55. The highest BCUT2D eigenvalue weighted by atomic mass is 16.3. The highest BCUT2D eigenvalue weighted by Gasteiger charge is 2.08. The van der Waals surface area contributed by atoms with Gasteiger partial charge in [-0.25, -0.2) is 15.0 Å². The molecular formula is C21H22N6O. The summed E-state index contributed by atoms with van der Waals surface area (Å²) >= 11 is 0. The van der Waals surface area contributed by atoms with Crippen LogP contribution in [-0.2, 0) is 6.42 Å². The van der Waals surface area contributed by atoms with Crippen molar-refractivity contribution in [2.75, 3.05) is 23.7 Å². The molecule has 142 valence electrons. The second kappa shape index (κ2) is 8.04. The third-order valence-electron chi connectivity index (χ3n) is 4.40. The van der Waals surface area contributed by atoms with Gasteiger partial charge >= 0.3 is 0 Å². The summed E-state index contributed by atoms with van der Waals surface area (Å²) in [6.07, 6.45) is 6.01. The molecule has 4 aromatic rings. The minimum atomic E-state index is 0.729. The second-order valence-corrected chi connectivity index (χ2v) is 6.47. The Kier molecular flexibility index (Phi) is 5.14. The van der Waals surface area contributed by atoms with Crippen molar-refractivity contribution in [3.05, 3.63) is 60.4 Å². The Balaban J connectivity index is 1.43. The summed E-state index contributed by atoms with van der Waals surface area (Å²) in [7, 11) is 0. The number of anilines is 2. The van der Waals surface area contributed by atoms with Crippen LogP contribution in [0.15, 0.2) is 53.5 Å². The molecule has 0 fully saturated rings. The molecule has 0 aliphatic rings. The number of hydrogen-bond donors (Lipinski definition) is 2. The zero-order valence-corrected chi connectivity index (χ0v) is 15.9. The van der Waals surface area contributed by atoms with Crippen LogP contribution in [0, 0.1) is 6.92 Å². The van der Waals surface area contributed by atoms with E-state index in [4.69, 9.17) is 4.42 Å². The highest BCUT2D eigenvalue weighted by molar-refractivity contribution is 5.76. The third-order valence-corrected chi connectivity index (χ3v) is 4.40. The normalized spacial score (nSPS) is 10.9. The number of nitrogens with zero attached hydrogens (tertiary/aromatic N) is 4. The van der Waals surface area contributed by atoms with Gasteiger partial charge in [0, 0.05) is 48.7 Å². The standard InChI is InChI=1S/C21H22N6O/c1-3-22-19-5-4-16(12-25-19)17-11-20(27-13-26-17)24-9-7-15-6-8-23-18-10-14(2)28-21(15)18/h4-6,8,10-13H,3,7,9H2,1-2H3,(H,22,25)(H,24,26,27). The second-order valence-electron chi connectivity index (χ2n) is 6.47. The Labute approximate surface area is 163 Å². The summed E-state index contributed by atoms with van der Waals surface area (Å²) < 4.78 is 5.78. The lowest BCUT2D eigenvalue weighted by Crippen LogP contribution is -2.07. The first-order valence-corrected chi connectivity index (χ1v) is 9.33. The molecule has 4 rings (SSSR count). The van der Waals surface area contributed by atoms with Crippen LogP contribution < -0.4 is 10.6 Å². The zero-order chi connectivity index (χ0) is 19.3. The van der Waals surface area contributed by atoms with Crippen LogP contribution in [0.3, 0.4) is 0 Å². The van der Waals surface area contributed by atoms with Gasteiger partial charge in [-0.3, -0.25) is 4.98 Å². The first-order chi connectivity index (χ1) is 13.7. The molecule has 0 aliphatic carbocycles. The van der Waals surface area contributed by atoms with Crippen LogP contribution in [-0.4, -0.2) is 33.0 Å². The average Bonchev–Trinajstić information content (AvgIpc) is 3.10. The molecule has 0 aromatic carbocycles. The van der Waals surface area contributed by atoms with Gasteiger partial charge in [-0.1, -0.05) is 0 Å². The predicted octanol–water partition coefficient (Wildman–Crippen LogP) is 4.07. The molecule has 0 saturated carbocycles. The molecule has 4 aromatic heterocycles. The molecule has 0 atom stereocenters. The van der Waals surface area contributed by atoms with Crippen molar-refractivity contribution in [2.24, 2.45) is 0 Å². The van der Waals surface area contributed by atoms with Gasteiger partial charge in [-0.2, -0.15) is 0 Å². The fourth-order valence-corrected chi connectivity index (χ4v) is 3.08. The van der Waals surface area contributed by atoms with Gasteiger partial charge < -0.3 is 15.1 Å². The molecule has 0 unspecified atom stereocenters. The highest BCUT2D eigenvalue weighted by Crippen LogP contribution is 2.22. The maximum absolute atomic E-state index is 5.78. The van der Waals surface area contributed by atoms with E-state index in [1.165, 1.54) is 0 Å². The summed E-state index contributed by atoms with van der Waals surface area (Å²) in [6.45, 7) is 5.55. The van der Waals surface area contributed by atoms with Crippen molar-refractivity contribution < 1.29 is 4.42 Å². The maximum atomic E-state index is 5.78. The number of hydrogen-bond acceptors (Lipinski definition) is 7. The number of rotatable bonds is 7. The topological polar surface area (TPSA) is 88.8 Å². The number of furan rings is 1. The van der Waals surface area contributed by atoms with Crippen LogP contribution in [0.5, 0.6) is 0 Å². The number of fused-ring (bicyclic) bond motifs is 1. The number of nitrogens with one attached hydrogen (secondary N) is 2. The monoisotopic (exact) mass is 374 g/mol. The quantitative estimate of drug-likeness (QED) is 0.504. The van der Waals surface area contributed by atoms with E-state index in [-0.39, 0.29) is 0 Å². The van der Waals surface area contributed by atoms with Gasteiger partial charge in [-0.15, -0.1) is 0 Å². The average molecular weight is 374 g/mol. The van der Waals surface area contributed by atoms with Crippen LogP contribution in [0.25, 0.3) is 22.4 Å². The minimum absolute atomic E-state index is 0.729. The van der Waals surface area contributed by atoms with E-state index in [1.807, 2.05) is 56.6 Å².